The van der Waals surface area contributed by atoms with E-state index < -0.39 is 13.7 Å². The number of hydrogen-bond acceptors (Lipinski definition) is 6. The van der Waals surface area contributed by atoms with Crippen LogP contribution in [0, 0.1) is 35.5 Å². The standard InChI is InChI=1S/C29H55N2O5P/c1-20(2)26-10-8-22(5)16-28(26)35-37(34,36-29-17-23(6)9-11-27(29)21(3)4)19-25(33)18-30-12-14-31(15-13-30)24(7)32/h20-23,25-29,33H,8-19H2,1-7H3/t22-,23-,25+,26+,27+,28-,29-/m1/s1. The number of hydrogen-bond donors (Lipinski definition) is 1. The summed E-state index contributed by atoms with van der Waals surface area (Å²) >= 11 is 0. The third-order valence-electron chi connectivity index (χ3n) is 9.24. The molecule has 1 aliphatic heterocycles. The van der Waals surface area contributed by atoms with Crippen molar-refractivity contribution in [2.75, 3.05) is 38.9 Å². The van der Waals surface area contributed by atoms with Gasteiger partial charge in [0.1, 0.15) is 0 Å². The zero-order valence-electron chi connectivity index (χ0n) is 24.6. The number of aliphatic hydroxyl groups excluding tert-OH is 1. The Labute approximate surface area is 226 Å². The monoisotopic (exact) mass is 542 g/mol. The largest absolute Gasteiger partial charge is 0.391 e. The number of aliphatic hydroxyl groups is 1. The van der Waals surface area contributed by atoms with Crippen LogP contribution in [0.25, 0.3) is 0 Å². The minimum absolute atomic E-state index is 0.0331. The van der Waals surface area contributed by atoms with Crippen molar-refractivity contribution >= 4 is 13.5 Å². The van der Waals surface area contributed by atoms with E-state index >= 15 is 0 Å². The summed E-state index contributed by atoms with van der Waals surface area (Å²) in [7, 11) is -3.56. The average Bonchev–Trinajstić information content (AvgIpc) is 2.78. The van der Waals surface area contributed by atoms with Crippen LogP contribution < -0.4 is 0 Å². The van der Waals surface area contributed by atoms with Crippen molar-refractivity contribution in [2.45, 2.75) is 105 Å². The molecule has 0 unspecified atom stereocenters. The summed E-state index contributed by atoms with van der Waals surface area (Å²) in [6.07, 6.45) is 5.36. The Morgan fingerprint density at radius 3 is 1.73 bits per heavy atom. The van der Waals surface area contributed by atoms with Crippen LogP contribution in [0.3, 0.4) is 0 Å². The summed E-state index contributed by atoms with van der Waals surface area (Å²) in [5.74, 6) is 2.78. The number of carbonyl (C=O) groups is 1. The van der Waals surface area contributed by atoms with E-state index in [0.717, 1.165) is 25.7 Å². The average molecular weight is 543 g/mol. The van der Waals surface area contributed by atoms with Crippen molar-refractivity contribution in [1.82, 2.24) is 9.80 Å². The Hall–Kier alpha value is -0.460. The van der Waals surface area contributed by atoms with E-state index in [9.17, 15) is 14.5 Å². The maximum absolute atomic E-state index is 14.6. The van der Waals surface area contributed by atoms with Crippen LogP contribution in [-0.2, 0) is 18.4 Å². The third kappa shape index (κ3) is 9.03. The molecule has 37 heavy (non-hydrogen) atoms. The fourth-order valence-corrected chi connectivity index (χ4v) is 9.02. The lowest BCUT2D eigenvalue weighted by Gasteiger charge is -2.42. The predicted molar refractivity (Wildman–Crippen MR) is 150 cm³/mol. The summed E-state index contributed by atoms with van der Waals surface area (Å²) in [4.78, 5) is 15.7. The number of amides is 1. The minimum Gasteiger partial charge on any atom is -0.391 e. The van der Waals surface area contributed by atoms with Crippen molar-refractivity contribution in [3.8, 4) is 0 Å². The van der Waals surface area contributed by atoms with Crippen molar-refractivity contribution in [3.63, 3.8) is 0 Å². The highest BCUT2D eigenvalue weighted by atomic mass is 31.2. The summed E-state index contributed by atoms with van der Waals surface area (Å²) < 4.78 is 27.8. The normalized spacial score (nSPS) is 33.2. The van der Waals surface area contributed by atoms with Gasteiger partial charge in [-0.3, -0.25) is 14.3 Å². The molecule has 0 radical (unpaired) electrons. The molecule has 2 saturated carbocycles. The van der Waals surface area contributed by atoms with E-state index in [1.165, 1.54) is 12.8 Å². The molecule has 3 rings (SSSR count). The van der Waals surface area contributed by atoms with Crippen molar-refractivity contribution in [3.05, 3.63) is 0 Å². The Bertz CT molecular complexity index is 731. The van der Waals surface area contributed by atoms with Crippen molar-refractivity contribution in [2.24, 2.45) is 35.5 Å². The second kappa shape index (κ2) is 13.7. The number of carbonyl (C=O) groups excluding carboxylic acids is 1. The van der Waals surface area contributed by atoms with Gasteiger partial charge >= 0.3 is 7.60 Å². The predicted octanol–water partition coefficient (Wildman–Crippen LogP) is 5.66. The molecule has 3 fully saturated rings. The second-order valence-electron chi connectivity index (χ2n) is 13.2. The lowest BCUT2D eigenvalue weighted by molar-refractivity contribution is -0.130. The number of β-amino-alcohol motifs (C(OH)–C–C–N with tert-alkyl or cyclic N) is 1. The zero-order valence-corrected chi connectivity index (χ0v) is 25.5. The van der Waals surface area contributed by atoms with Crippen molar-refractivity contribution in [1.29, 1.82) is 0 Å². The van der Waals surface area contributed by atoms with Crippen LogP contribution >= 0.6 is 7.60 Å². The van der Waals surface area contributed by atoms with Crippen molar-refractivity contribution < 1.29 is 23.5 Å². The van der Waals surface area contributed by atoms with Gasteiger partial charge < -0.3 is 19.1 Å². The Balaban J connectivity index is 1.75. The van der Waals surface area contributed by atoms with Gasteiger partial charge in [0.2, 0.25) is 5.91 Å². The molecule has 7 atom stereocenters. The van der Waals surface area contributed by atoms with Gasteiger partial charge in [0.05, 0.1) is 24.5 Å². The molecule has 0 aromatic carbocycles. The SMILES string of the molecule is CC(=O)N1CCN(C[C@H](O)CP(=O)(O[C@@H]2C[C@H](C)CC[C@H]2C(C)C)O[C@@H]2C[C@H](C)CC[C@H]2C(C)C)CC1. The molecule has 1 heterocycles. The lowest BCUT2D eigenvalue weighted by Crippen LogP contribution is -2.50. The third-order valence-corrected chi connectivity index (χ3v) is 11.3. The molecular weight excluding hydrogens is 487 g/mol. The first-order valence-electron chi connectivity index (χ1n) is 15.0. The Morgan fingerprint density at radius 2 is 1.32 bits per heavy atom. The highest BCUT2D eigenvalue weighted by Crippen LogP contribution is 2.56. The first kappa shape index (κ1) is 31.1. The maximum Gasteiger partial charge on any atom is 0.333 e. The maximum atomic E-state index is 14.6. The van der Waals surface area contributed by atoms with Gasteiger partial charge in [-0.1, -0.05) is 54.4 Å². The second-order valence-corrected chi connectivity index (χ2v) is 15.2. The first-order chi connectivity index (χ1) is 17.4. The van der Waals surface area contributed by atoms with Gasteiger partial charge in [-0.15, -0.1) is 0 Å². The molecule has 7 nitrogen and oxygen atoms in total. The Kier molecular flexibility index (Phi) is 11.5. The smallest absolute Gasteiger partial charge is 0.333 e. The quantitative estimate of drug-likeness (QED) is 0.359. The molecule has 1 saturated heterocycles. The summed E-state index contributed by atoms with van der Waals surface area (Å²) in [6.45, 7) is 18.2. The van der Waals surface area contributed by atoms with E-state index in [-0.39, 0.29) is 24.3 Å². The van der Waals surface area contributed by atoms with Crippen LogP contribution in [0.4, 0.5) is 0 Å². The molecule has 8 heteroatoms. The van der Waals surface area contributed by atoms with Gasteiger partial charge in [0.15, 0.2) is 0 Å². The number of piperazine rings is 1. The van der Waals surface area contributed by atoms with Crippen LogP contribution in [0.15, 0.2) is 0 Å². The van der Waals surface area contributed by atoms with Crippen LogP contribution in [0.1, 0.15) is 87.0 Å². The van der Waals surface area contributed by atoms with Crippen LogP contribution in [0.2, 0.25) is 0 Å². The summed E-state index contributed by atoms with van der Waals surface area (Å²) in [6, 6.07) is 0. The molecule has 0 aromatic heterocycles. The van der Waals surface area contributed by atoms with Gasteiger partial charge in [0, 0.05) is 39.6 Å². The molecule has 216 valence electrons. The molecule has 0 aromatic rings. The zero-order chi connectivity index (χ0) is 27.3. The van der Waals surface area contributed by atoms with E-state index in [2.05, 4.69) is 46.4 Å². The fourth-order valence-electron chi connectivity index (χ4n) is 6.85. The highest BCUT2D eigenvalue weighted by Gasteiger charge is 2.43. The first-order valence-corrected chi connectivity index (χ1v) is 16.7. The fraction of sp³-hybridized carbons (Fsp3) is 0.966. The van der Waals surface area contributed by atoms with E-state index in [1.807, 2.05) is 4.90 Å². The van der Waals surface area contributed by atoms with Crippen LogP contribution in [0.5, 0.6) is 0 Å². The molecule has 2 aliphatic carbocycles. The molecule has 0 spiro atoms. The molecule has 3 aliphatic rings. The minimum atomic E-state index is -3.56. The highest BCUT2D eigenvalue weighted by molar-refractivity contribution is 7.53. The summed E-state index contributed by atoms with van der Waals surface area (Å²) in [5.41, 5.74) is 0. The van der Waals surface area contributed by atoms with Gasteiger partial charge in [-0.25, -0.2) is 0 Å². The van der Waals surface area contributed by atoms with Gasteiger partial charge in [0.25, 0.3) is 0 Å². The van der Waals surface area contributed by atoms with Crippen LogP contribution in [-0.4, -0.2) is 78.0 Å². The van der Waals surface area contributed by atoms with E-state index in [4.69, 9.17) is 9.05 Å². The Morgan fingerprint density at radius 1 is 0.865 bits per heavy atom. The number of rotatable bonds is 10. The summed E-state index contributed by atoms with van der Waals surface area (Å²) in [5, 5.41) is 11.2. The molecule has 0 bridgehead atoms. The van der Waals surface area contributed by atoms with E-state index in [0.29, 0.717) is 68.2 Å². The molecule has 1 N–H and O–H groups in total. The topological polar surface area (TPSA) is 79.3 Å². The lowest BCUT2D eigenvalue weighted by atomic mass is 9.75. The molecule has 1 amide bonds. The van der Waals surface area contributed by atoms with Gasteiger partial charge in [-0.05, 0) is 61.2 Å². The number of nitrogens with zero attached hydrogens (tertiary/aromatic N) is 2. The van der Waals surface area contributed by atoms with Gasteiger partial charge in [-0.2, -0.15) is 0 Å². The van der Waals surface area contributed by atoms with E-state index in [1.54, 1.807) is 6.92 Å². The molecular formula is C29H55N2O5P.